The predicted octanol–water partition coefficient (Wildman–Crippen LogP) is 2.35. The molecule has 2 aliphatic heterocycles. The van der Waals surface area contributed by atoms with E-state index >= 15 is 0 Å². The summed E-state index contributed by atoms with van der Waals surface area (Å²) in [4.78, 5) is 26.3. The van der Waals surface area contributed by atoms with Gasteiger partial charge in [0.25, 0.3) is 5.91 Å². The van der Waals surface area contributed by atoms with Crippen molar-refractivity contribution in [1.82, 2.24) is 10.2 Å². The number of amides is 2. The lowest BCUT2D eigenvalue weighted by Gasteiger charge is -2.52. The number of nitrogens with one attached hydrogen (secondary N) is 1. The van der Waals surface area contributed by atoms with Crippen molar-refractivity contribution < 1.29 is 14.3 Å². The highest BCUT2D eigenvalue weighted by Gasteiger charge is 2.45. The van der Waals surface area contributed by atoms with Crippen LogP contribution >= 0.6 is 0 Å². The summed E-state index contributed by atoms with van der Waals surface area (Å²) in [6.07, 6.45) is 2.06. The van der Waals surface area contributed by atoms with Crippen molar-refractivity contribution in [3.05, 3.63) is 35.4 Å². The van der Waals surface area contributed by atoms with Crippen LogP contribution in [0.1, 0.15) is 49.5 Å². The number of ether oxygens (including phenoxy) is 1. The van der Waals surface area contributed by atoms with Crippen molar-refractivity contribution in [2.24, 2.45) is 5.41 Å². The fourth-order valence-corrected chi connectivity index (χ4v) is 3.55. The smallest absolute Gasteiger partial charge is 0.251 e. The molecule has 1 aromatic rings. The van der Waals surface area contributed by atoms with Gasteiger partial charge < -0.3 is 15.0 Å². The fourth-order valence-electron chi connectivity index (χ4n) is 3.55. The van der Waals surface area contributed by atoms with Crippen molar-refractivity contribution in [3.63, 3.8) is 0 Å². The standard InChI is InChI=1S/C20H28N2O3/c1-19(2,3)16-6-4-15(5-7-16)18(24)21-12-17(23)22-13-20(14-22)8-10-25-11-9-20/h4-7H,8-14H2,1-3H3,(H,21,24). The van der Waals surface area contributed by atoms with Crippen LogP contribution in [0.2, 0.25) is 0 Å². The third-order valence-corrected chi connectivity index (χ3v) is 5.37. The van der Waals surface area contributed by atoms with Crippen LogP contribution in [0.3, 0.4) is 0 Å². The second-order valence-corrected chi connectivity index (χ2v) is 8.37. The minimum atomic E-state index is -0.199. The summed E-state index contributed by atoms with van der Waals surface area (Å²) in [7, 11) is 0. The number of rotatable bonds is 3. The Balaban J connectivity index is 1.47. The molecule has 0 radical (unpaired) electrons. The number of hydrogen-bond acceptors (Lipinski definition) is 3. The Morgan fingerprint density at radius 2 is 1.72 bits per heavy atom. The van der Waals surface area contributed by atoms with Gasteiger partial charge in [0.05, 0.1) is 6.54 Å². The zero-order valence-corrected chi connectivity index (χ0v) is 15.4. The average molecular weight is 344 g/mol. The number of hydrogen-bond donors (Lipinski definition) is 1. The fraction of sp³-hybridized carbons (Fsp3) is 0.600. The van der Waals surface area contributed by atoms with Crippen molar-refractivity contribution in [2.75, 3.05) is 32.8 Å². The van der Waals surface area contributed by atoms with Gasteiger partial charge in [-0.3, -0.25) is 9.59 Å². The number of benzene rings is 1. The van der Waals surface area contributed by atoms with E-state index in [2.05, 4.69) is 26.1 Å². The molecule has 0 atom stereocenters. The SMILES string of the molecule is CC(C)(C)c1ccc(C(=O)NCC(=O)N2CC3(CCOCC3)C2)cc1. The molecule has 0 aromatic heterocycles. The van der Waals surface area contributed by atoms with Crippen LogP contribution in [0.5, 0.6) is 0 Å². The van der Waals surface area contributed by atoms with E-state index in [9.17, 15) is 9.59 Å². The normalized spacial score (nSPS) is 19.4. The van der Waals surface area contributed by atoms with Crippen LogP contribution < -0.4 is 5.32 Å². The average Bonchev–Trinajstić information content (AvgIpc) is 2.57. The van der Waals surface area contributed by atoms with Crippen LogP contribution in [0.15, 0.2) is 24.3 Å². The molecule has 2 saturated heterocycles. The third kappa shape index (κ3) is 4.03. The van der Waals surface area contributed by atoms with Gasteiger partial charge in [-0.15, -0.1) is 0 Å². The Kier molecular flexibility index (Phi) is 4.87. The highest BCUT2D eigenvalue weighted by molar-refractivity contribution is 5.96. The molecule has 5 nitrogen and oxygen atoms in total. The van der Waals surface area contributed by atoms with Crippen LogP contribution in [0.4, 0.5) is 0 Å². The molecule has 0 bridgehead atoms. The summed E-state index contributed by atoms with van der Waals surface area (Å²) in [6, 6.07) is 7.59. The first-order valence-electron chi connectivity index (χ1n) is 9.03. The van der Waals surface area contributed by atoms with Crippen LogP contribution in [0.25, 0.3) is 0 Å². The second kappa shape index (κ2) is 6.79. The summed E-state index contributed by atoms with van der Waals surface area (Å²) in [6.45, 7) is 9.66. The number of carbonyl (C=O) groups is 2. The van der Waals surface area contributed by atoms with E-state index < -0.39 is 0 Å². The van der Waals surface area contributed by atoms with Gasteiger partial charge in [0.1, 0.15) is 0 Å². The number of carbonyl (C=O) groups excluding carboxylic acids is 2. The molecule has 0 aliphatic carbocycles. The number of nitrogens with zero attached hydrogens (tertiary/aromatic N) is 1. The van der Waals surface area contributed by atoms with Crippen LogP contribution in [-0.2, 0) is 14.9 Å². The maximum atomic E-state index is 12.3. The summed E-state index contributed by atoms with van der Waals surface area (Å²) >= 11 is 0. The van der Waals surface area contributed by atoms with E-state index in [-0.39, 0.29) is 29.2 Å². The molecule has 2 heterocycles. The van der Waals surface area contributed by atoms with E-state index in [1.54, 1.807) is 0 Å². The van der Waals surface area contributed by atoms with Gasteiger partial charge in [0.2, 0.25) is 5.91 Å². The summed E-state index contributed by atoms with van der Waals surface area (Å²) in [5.41, 5.74) is 2.09. The van der Waals surface area contributed by atoms with Gasteiger partial charge in [-0.2, -0.15) is 0 Å². The maximum Gasteiger partial charge on any atom is 0.251 e. The highest BCUT2D eigenvalue weighted by atomic mass is 16.5. The molecule has 1 spiro atoms. The molecule has 25 heavy (non-hydrogen) atoms. The Morgan fingerprint density at radius 3 is 2.28 bits per heavy atom. The van der Waals surface area contributed by atoms with E-state index in [0.717, 1.165) is 39.1 Å². The second-order valence-electron chi connectivity index (χ2n) is 8.37. The van der Waals surface area contributed by atoms with Gasteiger partial charge in [-0.05, 0) is 36.0 Å². The summed E-state index contributed by atoms with van der Waals surface area (Å²) in [5, 5.41) is 2.74. The van der Waals surface area contributed by atoms with Crippen molar-refractivity contribution in [3.8, 4) is 0 Å². The first kappa shape index (κ1) is 17.9. The van der Waals surface area contributed by atoms with Crippen molar-refractivity contribution in [2.45, 2.75) is 39.0 Å². The van der Waals surface area contributed by atoms with Crippen molar-refractivity contribution in [1.29, 1.82) is 0 Å². The predicted molar refractivity (Wildman–Crippen MR) is 96.5 cm³/mol. The minimum Gasteiger partial charge on any atom is -0.381 e. The molecule has 2 aliphatic rings. The van der Waals surface area contributed by atoms with Crippen LogP contribution in [0, 0.1) is 5.41 Å². The van der Waals surface area contributed by atoms with Gasteiger partial charge in [0, 0.05) is 37.3 Å². The molecule has 3 rings (SSSR count). The Labute approximate surface area is 149 Å². The lowest BCUT2D eigenvalue weighted by Crippen LogP contribution is -2.61. The molecule has 1 aromatic carbocycles. The molecule has 0 unspecified atom stereocenters. The molecule has 0 saturated carbocycles. The quantitative estimate of drug-likeness (QED) is 0.916. The largest absolute Gasteiger partial charge is 0.381 e. The van der Waals surface area contributed by atoms with Gasteiger partial charge >= 0.3 is 0 Å². The highest BCUT2D eigenvalue weighted by Crippen LogP contribution is 2.39. The first-order valence-corrected chi connectivity index (χ1v) is 9.03. The molecule has 1 N–H and O–H groups in total. The zero-order valence-electron chi connectivity index (χ0n) is 15.4. The molecule has 2 fully saturated rings. The number of likely N-dealkylation sites (tertiary alicyclic amines) is 1. The maximum absolute atomic E-state index is 12.3. The monoisotopic (exact) mass is 344 g/mol. The molecular formula is C20H28N2O3. The molecule has 2 amide bonds. The summed E-state index contributed by atoms with van der Waals surface area (Å²) in [5.74, 6) is -0.202. The van der Waals surface area contributed by atoms with Crippen molar-refractivity contribution >= 4 is 11.8 Å². The molecule has 136 valence electrons. The van der Waals surface area contributed by atoms with Gasteiger partial charge in [-0.25, -0.2) is 0 Å². The topological polar surface area (TPSA) is 58.6 Å². The van der Waals surface area contributed by atoms with Crippen LogP contribution in [-0.4, -0.2) is 49.6 Å². The zero-order chi connectivity index (χ0) is 18.1. The van der Waals surface area contributed by atoms with E-state index in [0.29, 0.717) is 5.56 Å². The van der Waals surface area contributed by atoms with Gasteiger partial charge in [0.15, 0.2) is 0 Å². The third-order valence-electron chi connectivity index (χ3n) is 5.37. The lowest BCUT2D eigenvalue weighted by atomic mass is 9.73. The Hall–Kier alpha value is -1.88. The molecule has 5 heteroatoms. The van der Waals surface area contributed by atoms with E-state index in [1.807, 2.05) is 29.2 Å². The first-order chi connectivity index (χ1) is 11.8. The minimum absolute atomic E-state index is 0.00298. The van der Waals surface area contributed by atoms with Gasteiger partial charge in [-0.1, -0.05) is 32.9 Å². The van der Waals surface area contributed by atoms with E-state index in [1.165, 1.54) is 5.56 Å². The lowest BCUT2D eigenvalue weighted by molar-refractivity contribution is -0.149. The summed E-state index contributed by atoms with van der Waals surface area (Å²) < 4.78 is 5.39. The molecular weight excluding hydrogens is 316 g/mol. The van der Waals surface area contributed by atoms with E-state index in [4.69, 9.17) is 4.74 Å². The Morgan fingerprint density at radius 1 is 1.12 bits per heavy atom. The Bertz CT molecular complexity index is 632.